The third kappa shape index (κ3) is 10.7. The number of hydrogen-bond acceptors (Lipinski definition) is 0. The standard InChI is InChI=1S/C8H12.2ClH.Pt/c1-2-4-6-8-7-5-3-1;;;/h1-2,7-8H,3-6H2;2*1H;/q;;;+2/p-2/b2-1-,8-7?;;;. The van der Waals surface area contributed by atoms with Crippen molar-refractivity contribution in [2.45, 2.75) is 25.7 Å². The Morgan fingerprint density at radius 1 is 0.545 bits per heavy atom. The van der Waals surface area contributed by atoms with Gasteiger partial charge in [-0.25, -0.2) is 0 Å². The van der Waals surface area contributed by atoms with Crippen LogP contribution in [0.25, 0.3) is 0 Å². The molecular weight excluding hydrogens is 362 g/mol. The van der Waals surface area contributed by atoms with Gasteiger partial charge in [0.25, 0.3) is 0 Å². The van der Waals surface area contributed by atoms with Gasteiger partial charge in [-0.3, -0.25) is 0 Å². The van der Waals surface area contributed by atoms with E-state index < -0.39 is 0 Å². The number of rotatable bonds is 0. The van der Waals surface area contributed by atoms with Crippen molar-refractivity contribution >= 4 is 0 Å². The molecule has 1 aliphatic rings. The van der Waals surface area contributed by atoms with E-state index in [0.29, 0.717) is 0 Å². The van der Waals surface area contributed by atoms with Crippen LogP contribution in [0, 0.1) is 0 Å². The first-order chi connectivity index (χ1) is 4.00. The van der Waals surface area contributed by atoms with Crippen molar-refractivity contribution in [2.24, 2.45) is 0 Å². The molecule has 0 saturated carbocycles. The first-order valence-electron chi connectivity index (χ1n) is 3.30. The van der Waals surface area contributed by atoms with Crippen molar-refractivity contribution in [3.63, 3.8) is 0 Å². The van der Waals surface area contributed by atoms with Crippen LogP contribution in [0.3, 0.4) is 0 Å². The van der Waals surface area contributed by atoms with Crippen LogP contribution >= 0.6 is 0 Å². The summed E-state index contributed by atoms with van der Waals surface area (Å²) in [5, 5.41) is 0. The molecule has 0 nitrogen and oxygen atoms in total. The van der Waals surface area contributed by atoms with Crippen molar-refractivity contribution in [3.05, 3.63) is 24.3 Å². The summed E-state index contributed by atoms with van der Waals surface area (Å²) < 4.78 is 0. The Labute approximate surface area is 95.6 Å². The molecule has 0 heterocycles. The van der Waals surface area contributed by atoms with E-state index in [9.17, 15) is 0 Å². The molecule has 1 rings (SSSR count). The Morgan fingerprint density at radius 3 is 0.909 bits per heavy atom. The molecule has 0 N–H and O–H groups in total. The fraction of sp³-hybridized carbons (Fsp3) is 0.500. The Balaban J connectivity index is -0.000000213. The summed E-state index contributed by atoms with van der Waals surface area (Å²) in [6.07, 6.45) is 14.0. The summed E-state index contributed by atoms with van der Waals surface area (Å²) in [6, 6.07) is 0. The molecule has 1 aliphatic carbocycles. The smallest absolute Gasteiger partial charge is 1.00 e. The maximum atomic E-state index is 2.27. The quantitative estimate of drug-likeness (QED) is 0.390. The van der Waals surface area contributed by atoms with Crippen LogP contribution in [-0.2, 0) is 21.1 Å². The van der Waals surface area contributed by atoms with Crippen molar-refractivity contribution < 1.29 is 45.9 Å². The maximum Gasteiger partial charge on any atom is 2.00 e. The van der Waals surface area contributed by atoms with E-state index >= 15 is 0 Å². The summed E-state index contributed by atoms with van der Waals surface area (Å²) in [6.45, 7) is 0. The molecule has 0 aliphatic heterocycles. The number of hydrogen-bond donors (Lipinski definition) is 0. The Kier molecular flexibility index (Phi) is 21.5. The van der Waals surface area contributed by atoms with Gasteiger partial charge in [-0.2, -0.15) is 0 Å². The van der Waals surface area contributed by atoms with Crippen LogP contribution in [0.4, 0.5) is 0 Å². The molecule has 0 aromatic heterocycles. The molecular formula is C8H12Cl2Pt. The Hall–Kier alpha value is 0.748. The zero-order valence-electron chi connectivity index (χ0n) is 6.21. The van der Waals surface area contributed by atoms with Crippen LogP contribution in [0.5, 0.6) is 0 Å². The third-order valence-corrected chi connectivity index (χ3v) is 1.33. The second-order valence-corrected chi connectivity index (χ2v) is 2.10. The van der Waals surface area contributed by atoms with Crippen molar-refractivity contribution in [3.8, 4) is 0 Å². The fourth-order valence-corrected chi connectivity index (χ4v) is 0.856. The molecule has 0 aromatic rings. The molecule has 0 spiro atoms. The van der Waals surface area contributed by atoms with Gasteiger partial charge >= 0.3 is 21.1 Å². The Morgan fingerprint density at radius 2 is 0.727 bits per heavy atom. The second kappa shape index (κ2) is 13.3. The van der Waals surface area contributed by atoms with Gasteiger partial charge in [0.1, 0.15) is 0 Å². The third-order valence-electron chi connectivity index (χ3n) is 1.33. The molecule has 0 bridgehead atoms. The predicted octanol–water partition coefficient (Wildman–Crippen LogP) is -3.32. The van der Waals surface area contributed by atoms with Gasteiger partial charge in [0.05, 0.1) is 0 Å². The summed E-state index contributed by atoms with van der Waals surface area (Å²) in [5.41, 5.74) is 0. The zero-order valence-corrected chi connectivity index (χ0v) is 9.99. The van der Waals surface area contributed by atoms with Crippen LogP contribution in [0.1, 0.15) is 25.7 Å². The van der Waals surface area contributed by atoms with Crippen LogP contribution in [0.15, 0.2) is 24.3 Å². The summed E-state index contributed by atoms with van der Waals surface area (Å²) in [7, 11) is 0. The topological polar surface area (TPSA) is 0 Å². The first kappa shape index (κ1) is 17.7. The summed E-state index contributed by atoms with van der Waals surface area (Å²) in [4.78, 5) is 0. The second-order valence-electron chi connectivity index (χ2n) is 2.10. The van der Waals surface area contributed by atoms with Gasteiger partial charge in [0.15, 0.2) is 0 Å². The van der Waals surface area contributed by atoms with Gasteiger partial charge < -0.3 is 24.8 Å². The van der Waals surface area contributed by atoms with E-state index in [1.807, 2.05) is 0 Å². The number of allylic oxidation sites excluding steroid dienone is 4. The van der Waals surface area contributed by atoms with E-state index in [4.69, 9.17) is 0 Å². The van der Waals surface area contributed by atoms with E-state index in [1.165, 1.54) is 25.7 Å². The SMILES string of the molecule is C1=CCC/C=C\CC1.[Cl-].[Cl-].[Pt+2]. The van der Waals surface area contributed by atoms with Gasteiger partial charge in [-0.05, 0) is 25.7 Å². The minimum Gasteiger partial charge on any atom is -1.00 e. The molecule has 3 heteroatoms. The molecule has 0 unspecified atom stereocenters. The fourth-order valence-electron chi connectivity index (χ4n) is 0.856. The predicted molar refractivity (Wildman–Crippen MR) is 36.7 cm³/mol. The normalized spacial score (nSPS) is 17.5. The molecule has 11 heavy (non-hydrogen) atoms. The zero-order chi connectivity index (χ0) is 5.66. The molecule has 68 valence electrons. The molecule has 0 radical (unpaired) electrons. The summed E-state index contributed by atoms with van der Waals surface area (Å²) in [5.74, 6) is 0. The average Bonchev–Trinajstić information content (AvgIpc) is 1.62. The average molecular weight is 374 g/mol. The monoisotopic (exact) mass is 373 g/mol. The molecule has 0 atom stereocenters. The van der Waals surface area contributed by atoms with E-state index in [-0.39, 0.29) is 45.9 Å². The van der Waals surface area contributed by atoms with Gasteiger partial charge in [-0.1, -0.05) is 24.3 Å². The van der Waals surface area contributed by atoms with E-state index in [2.05, 4.69) is 24.3 Å². The maximum absolute atomic E-state index is 2.27. The van der Waals surface area contributed by atoms with Gasteiger partial charge in [-0.15, -0.1) is 0 Å². The van der Waals surface area contributed by atoms with Crippen LogP contribution < -0.4 is 24.8 Å². The van der Waals surface area contributed by atoms with Crippen molar-refractivity contribution in [1.29, 1.82) is 0 Å². The molecule has 0 aromatic carbocycles. The molecule has 0 fully saturated rings. The van der Waals surface area contributed by atoms with Crippen LogP contribution in [-0.4, -0.2) is 0 Å². The van der Waals surface area contributed by atoms with Crippen LogP contribution in [0.2, 0.25) is 0 Å². The Bertz CT molecular complexity index is 84.7. The molecule has 0 amide bonds. The first-order valence-corrected chi connectivity index (χ1v) is 3.30. The summed E-state index contributed by atoms with van der Waals surface area (Å²) >= 11 is 0. The van der Waals surface area contributed by atoms with E-state index in [1.54, 1.807) is 0 Å². The molecule has 0 saturated heterocycles. The van der Waals surface area contributed by atoms with Gasteiger partial charge in [0, 0.05) is 0 Å². The van der Waals surface area contributed by atoms with Gasteiger partial charge in [0.2, 0.25) is 0 Å². The van der Waals surface area contributed by atoms with E-state index in [0.717, 1.165) is 0 Å². The number of halogens is 2. The minimum atomic E-state index is 0. The minimum absolute atomic E-state index is 0. The largest absolute Gasteiger partial charge is 2.00 e. The van der Waals surface area contributed by atoms with Crippen molar-refractivity contribution in [2.75, 3.05) is 0 Å². The van der Waals surface area contributed by atoms with Crippen molar-refractivity contribution in [1.82, 2.24) is 0 Å².